The predicted octanol–water partition coefficient (Wildman–Crippen LogP) is 0.295. The van der Waals surface area contributed by atoms with Crippen LogP contribution in [0.2, 0.25) is 0 Å². The Hall–Kier alpha value is -1.64. The molecule has 0 aromatic heterocycles. The lowest BCUT2D eigenvalue weighted by Crippen LogP contribution is -2.31. The molecule has 2 N–H and O–H groups in total. The second kappa shape index (κ2) is 7.72. The first-order valence-electron chi connectivity index (χ1n) is 5.50. The van der Waals surface area contributed by atoms with E-state index < -0.39 is 16.1 Å². The quantitative estimate of drug-likeness (QED) is 0.556. The van der Waals surface area contributed by atoms with E-state index in [4.69, 9.17) is 4.74 Å². The van der Waals surface area contributed by atoms with Gasteiger partial charge in [0, 0.05) is 13.7 Å². The number of benzene rings is 1. The lowest BCUT2D eigenvalue weighted by atomic mass is 10.4. The lowest BCUT2D eigenvalue weighted by molar-refractivity contribution is 0.121. The fraction of sp³-hybridized carbons (Fsp3) is 0.364. The Morgan fingerprint density at radius 1 is 1.26 bits per heavy atom. The van der Waals surface area contributed by atoms with Gasteiger partial charge in [-0.25, -0.2) is 17.9 Å². The van der Waals surface area contributed by atoms with Gasteiger partial charge in [-0.15, -0.1) is 0 Å². The summed E-state index contributed by atoms with van der Waals surface area (Å²) in [6, 6.07) is 7.94. The van der Waals surface area contributed by atoms with Gasteiger partial charge in [0.15, 0.2) is 0 Å². The van der Waals surface area contributed by atoms with Gasteiger partial charge in [0.25, 0.3) is 0 Å². The highest BCUT2D eigenvalue weighted by atomic mass is 32.2. The monoisotopic (exact) mass is 288 g/mol. The van der Waals surface area contributed by atoms with Crippen LogP contribution in [-0.2, 0) is 19.5 Å². The highest BCUT2D eigenvalue weighted by Gasteiger charge is 2.12. The van der Waals surface area contributed by atoms with Gasteiger partial charge in [0.05, 0.1) is 4.90 Å². The summed E-state index contributed by atoms with van der Waals surface area (Å²) < 4.78 is 35.2. The zero-order chi connectivity index (χ0) is 14.1. The summed E-state index contributed by atoms with van der Waals surface area (Å²) in [5.74, 6) is 0. The summed E-state index contributed by atoms with van der Waals surface area (Å²) >= 11 is 0. The maximum atomic E-state index is 11.8. The minimum atomic E-state index is -3.56. The van der Waals surface area contributed by atoms with Gasteiger partial charge >= 0.3 is 6.09 Å². The second-order valence-corrected chi connectivity index (χ2v) is 5.22. The molecule has 0 atom stereocenters. The van der Waals surface area contributed by atoms with Crippen molar-refractivity contribution in [3.63, 3.8) is 0 Å². The number of carbonyl (C=O) groups is 1. The van der Waals surface area contributed by atoms with Gasteiger partial charge in [0.1, 0.15) is 13.3 Å². The molecule has 1 amide bonds. The highest BCUT2D eigenvalue weighted by molar-refractivity contribution is 7.89. The molecule has 106 valence electrons. The van der Waals surface area contributed by atoms with E-state index in [1.165, 1.54) is 19.2 Å². The Morgan fingerprint density at radius 2 is 1.95 bits per heavy atom. The molecule has 0 radical (unpaired) electrons. The van der Waals surface area contributed by atoms with Crippen LogP contribution in [-0.4, -0.2) is 41.5 Å². The molecule has 0 heterocycles. The predicted molar refractivity (Wildman–Crippen MR) is 68.0 cm³/mol. The topological polar surface area (TPSA) is 93.7 Å². The maximum absolute atomic E-state index is 11.8. The normalized spacial score (nSPS) is 11.0. The van der Waals surface area contributed by atoms with Crippen molar-refractivity contribution in [1.29, 1.82) is 0 Å². The minimum Gasteiger partial charge on any atom is -0.448 e. The van der Waals surface area contributed by atoms with Crippen molar-refractivity contribution in [2.75, 3.05) is 27.0 Å². The molecule has 0 fully saturated rings. The third kappa shape index (κ3) is 5.69. The third-order valence-corrected chi connectivity index (χ3v) is 3.52. The Morgan fingerprint density at radius 3 is 2.58 bits per heavy atom. The summed E-state index contributed by atoms with van der Waals surface area (Å²) in [4.78, 5) is 11.2. The Balaban J connectivity index is 2.31. The van der Waals surface area contributed by atoms with Crippen molar-refractivity contribution < 1.29 is 22.7 Å². The van der Waals surface area contributed by atoms with Crippen molar-refractivity contribution in [1.82, 2.24) is 10.0 Å². The number of rotatable bonds is 7. The molecule has 1 aromatic rings. The molecule has 0 aliphatic heterocycles. The van der Waals surface area contributed by atoms with E-state index in [2.05, 4.69) is 14.8 Å². The van der Waals surface area contributed by atoms with Crippen LogP contribution in [0.15, 0.2) is 35.2 Å². The molecule has 1 rings (SSSR count). The molecule has 0 saturated heterocycles. The van der Waals surface area contributed by atoms with Crippen molar-refractivity contribution in [2.45, 2.75) is 4.90 Å². The molecular formula is C11H16N2O5S. The summed E-state index contributed by atoms with van der Waals surface area (Å²) in [6.45, 7) is -0.0339. The van der Waals surface area contributed by atoms with Crippen LogP contribution in [0.5, 0.6) is 0 Å². The average Bonchev–Trinajstić information content (AvgIpc) is 2.42. The zero-order valence-corrected chi connectivity index (χ0v) is 11.3. The van der Waals surface area contributed by atoms with E-state index in [9.17, 15) is 13.2 Å². The van der Waals surface area contributed by atoms with Crippen LogP contribution in [0.3, 0.4) is 0 Å². The molecule has 0 aliphatic rings. The number of amides is 1. The van der Waals surface area contributed by atoms with Crippen LogP contribution in [0, 0.1) is 0 Å². The first-order valence-corrected chi connectivity index (χ1v) is 6.99. The number of hydrogen-bond donors (Lipinski definition) is 2. The van der Waals surface area contributed by atoms with E-state index in [1.54, 1.807) is 18.2 Å². The second-order valence-electron chi connectivity index (χ2n) is 3.46. The summed E-state index contributed by atoms with van der Waals surface area (Å²) in [7, 11) is -2.14. The number of nitrogens with one attached hydrogen (secondary N) is 2. The zero-order valence-electron chi connectivity index (χ0n) is 10.5. The van der Waals surface area contributed by atoms with E-state index >= 15 is 0 Å². The highest BCUT2D eigenvalue weighted by Crippen LogP contribution is 2.06. The molecule has 7 nitrogen and oxygen atoms in total. The Labute approximate surface area is 112 Å². The number of hydrogen-bond acceptors (Lipinski definition) is 5. The number of alkyl carbamates (subject to hydrolysis) is 1. The fourth-order valence-corrected chi connectivity index (χ4v) is 2.22. The summed E-state index contributed by atoms with van der Waals surface area (Å²) in [5, 5.41) is 2.30. The van der Waals surface area contributed by atoms with Gasteiger partial charge in [-0.3, -0.25) is 5.32 Å². The van der Waals surface area contributed by atoms with E-state index in [1.807, 2.05) is 0 Å². The SMILES string of the molecule is COCNC(=O)OCCNS(=O)(=O)c1ccccc1. The Kier molecular flexibility index (Phi) is 6.26. The first kappa shape index (κ1) is 15.4. The standard InChI is InChI=1S/C11H16N2O5S/c1-17-9-12-11(14)18-8-7-13-19(15,16)10-5-3-2-4-6-10/h2-6,13H,7-9H2,1H3,(H,12,14). The van der Waals surface area contributed by atoms with Gasteiger partial charge in [-0.05, 0) is 12.1 Å². The lowest BCUT2D eigenvalue weighted by Gasteiger charge is -2.08. The first-order chi connectivity index (χ1) is 9.06. The third-order valence-electron chi connectivity index (χ3n) is 2.04. The van der Waals surface area contributed by atoms with Crippen molar-refractivity contribution >= 4 is 16.1 Å². The minimum absolute atomic E-state index is 0.00235. The number of carbonyl (C=O) groups excluding carboxylic acids is 1. The molecule has 19 heavy (non-hydrogen) atoms. The fourth-order valence-electron chi connectivity index (χ4n) is 1.18. The molecule has 8 heteroatoms. The molecule has 0 aliphatic carbocycles. The van der Waals surface area contributed by atoms with E-state index in [-0.39, 0.29) is 24.8 Å². The van der Waals surface area contributed by atoms with Gasteiger partial charge in [-0.1, -0.05) is 18.2 Å². The number of ether oxygens (including phenoxy) is 2. The van der Waals surface area contributed by atoms with E-state index in [0.717, 1.165) is 0 Å². The van der Waals surface area contributed by atoms with Gasteiger partial charge in [0.2, 0.25) is 10.0 Å². The van der Waals surface area contributed by atoms with Crippen LogP contribution in [0.25, 0.3) is 0 Å². The molecule has 0 unspecified atom stereocenters. The van der Waals surface area contributed by atoms with Crippen LogP contribution in [0.4, 0.5) is 4.79 Å². The van der Waals surface area contributed by atoms with E-state index in [0.29, 0.717) is 0 Å². The molecular weight excluding hydrogens is 272 g/mol. The molecule has 0 spiro atoms. The van der Waals surface area contributed by atoms with Crippen LogP contribution < -0.4 is 10.0 Å². The summed E-state index contributed by atoms with van der Waals surface area (Å²) in [6.07, 6.45) is -0.666. The van der Waals surface area contributed by atoms with Crippen molar-refractivity contribution in [3.8, 4) is 0 Å². The van der Waals surface area contributed by atoms with Crippen LogP contribution in [0.1, 0.15) is 0 Å². The molecule has 0 saturated carbocycles. The largest absolute Gasteiger partial charge is 0.448 e. The van der Waals surface area contributed by atoms with Gasteiger partial charge in [-0.2, -0.15) is 0 Å². The number of sulfonamides is 1. The smallest absolute Gasteiger partial charge is 0.408 e. The maximum Gasteiger partial charge on any atom is 0.408 e. The Bertz CT molecular complexity index is 489. The average molecular weight is 288 g/mol. The van der Waals surface area contributed by atoms with Gasteiger partial charge < -0.3 is 9.47 Å². The molecule has 1 aromatic carbocycles. The van der Waals surface area contributed by atoms with Crippen LogP contribution >= 0.6 is 0 Å². The summed E-state index contributed by atoms with van der Waals surface area (Å²) in [5.41, 5.74) is 0. The van der Waals surface area contributed by atoms with Crippen molar-refractivity contribution in [2.24, 2.45) is 0 Å². The number of methoxy groups -OCH3 is 1. The van der Waals surface area contributed by atoms with Crippen molar-refractivity contribution in [3.05, 3.63) is 30.3 Å². The molecule has 0 bridgehead atoms.